The Hall–Kier alpha value is -4.13. The van der Waals surface area contributed by atoms with Crippen LogP contribution in [-0.4, -0.2) is 40.1 Å². The summed E-state index contributed by atoms with van der Waals surface area (Å²) in [7, 11) is 0. The maximum Gasteiger partial charge on any atom is 0.265 e. The van der Waals surface area contributed by atoms with Gasteiger partial charge in [-0.2, -0.15) is 0 Å². The second-order valence-electron chi connectivity index (χ2n) is 8.12. The second-order valence-corrected chi connectivity index (χ2v) is 8.12. The minimum Gasteiger partial charge on any atom is -0.486 e. The molecule has 1 aliphatic rings. The Morgan fingerprint density at radius 2 is 1.76 bits per heavy atom. The average molecular weight is 456 g/mol. The Morgan fingerprint density at radius 1 is 1.00 bits per heavy atom. The van der Waals surface area contributed by atoms with E-state index in [4.69, 9.17) is 9.47 Å². The maximum absolute atomic E-state index is 13.3. The predicted molar refractivity (Wildman–Crippen MR) is 130 cm³/mol. The van der Waals surface area contributed by atoms with Gasteiger partial charge in [0, 0.05) is 24.2 Å². The molecule has 7 heteroatoms. The van der Waals surface area contributed by atoms with Crippen molar-refractivity contribution >= 4 is 16.8 Å². The summed E-state index contributed by atoms with van der Waals surface area (Å²) < 4.78 is 13.0. The number of aryl methyl sites for hydroxylation is 1. The van der Waals surface area contributed by atoms with Gasteiger partial charge in [-0.3, -0.25) is 14.2 Å². The highest BCUT2D eigenvalue weighted by atomic mass is 16.6. The van der Waals surface area contributed by atoms with Crippen LogP contribution in [0, 0.1) is 6.92 Å². The van der Waals surface area contributed by atoms with E-state index in [1.165, 1.54) is 0 Å². The highest BCUT2D eigenvalue weighted by Crippen LogP contribution is 2.34. The van der Waals surface area contributed by atoms with Crippen molar-refractivity contribution in [3.8, 4) is 17.2 Å². The van der Waals surface area contributed by atoms with E-state index >= 15 is 0 Å². The van der Waals surface area contributed by atoms with E-state index in [0.29, 0.717) is 65.8 Å². The summed E-state index contributed by atoms with van der Waals surface area (Å²) in [6, 6.07) is 20.1. The molecule has 0 N–H and O–H groups in total. The van der Waals surface area contributed by atoms with Crippen molar-refractivity contribution in [1.29, 1.82) is 0 Å². The van der Waals surface area contributed by atoms with Crippen LogP contribution < -0.4 is 15.0 Å². The maximum atomic E-state index is 13.3. The van der Waals surface area contributed by atoms with Gasteiger partial charge in [0.15, 0.2) is 11.5 Å². The SMILES string of the molecule is CCN(Cc1cccc2c1OCCO2)C(=O)c1ccc(-n2c(C)nc3ccccc3c2=O)cc1. The number of hydrogen-bond acceptors (Lipinski definition) is 5. The summed E-state index contributed by atoms with van der Waals surface area (Å²) in [6.07, 6.45) is 0. The molecule has 0 fully saturated rings. The zero-order valence-corrected chi connectivity index (χ0v) is 19.2. The molecule has 3 aromatic carbocycles. The zero-order valence-electron chi connectivity index (χ0n) is 19.2. The van der Waals surface area contributed by atoms with Gasteiger partial charge >= 0.3 is 0 Å². The van der Waals surface area contributed by atoms with Crippen molar-refractivity contribution in [3.63, 3.8) is 0 Å². The van der Waals surface area contributed by atoms with E-state index in [1.807, 2.05) is 43.3 Å². The number of fused-ring (bicyclic) bond motifs is 2. The van der Waals surface area contributed by atoms with Gasteiger partial charge in [0.05, 0.1) is 16.6 Å². The van der Waals surface area contributed by atoms with Crippen LogP contribution in [0.25, 0.3) is 16.6 Å². The van der Waals surface area contributed by atoms with E-state index < -0.39 is 0 Å². The molecular weight excluding hydrogens is 430 g/mol. The van der Waals surface area contributed by atoms with Gasteiger partial charge in [-0.1, -0.05) is 24.3 Å². The fraction of sp³-hybridized carbons (Fsp3) is 0.222. The molecule has 4 aromatic rings. The normalized spacial score (nSPS) is 12.5. The lowest BCUT2D eigenvalue weighted by Crippen LogP contribution is -2.31. The number of carbonyl (C=O) groups excluding carboxylic acids is 1. The number of aromatic nitrogens is 2. The quantitative estimate of drug-likeness (QED) is 0.453. The molecule has 1 aromatic heterocycles. The van der Waals surface area contributed by atoms with Crippen LogP contribution in [0.4, 0.5) is 0 Å². The Balaban J connectivity index is 1.42. The Bertz CT molecular complexity index is 1430. The largest absolute Gasteiger partial charge is 0.486 e. The number of benzene rings is 3. The van der Waals surface area contributed by atoms with E-state index in [2.05, 4.69) is 4.98 Å². The highest BCUT2D eigenvalue weighted by Gasteiger charge is 2.21. The van der Waals surface area contributed by atoms with Crippen molar-refractivity contribution in [2.24, 2.45) is 0 Å². The first-order valence-corrected chi connectivity index (χ1v) is 11.3. The molecule has 0 aliphatic carbocycles. The van der Waals surface area contributed by atoms with Gasteiger partial charge in [-0.15, -0.1) is 0 Å². The topological polar surface area (TPSA) is 73.7 Å². The van der Waals surface area contributed by atoms with E-state index in [-0.39, 0.29) is 11.5 Å². The molecule has 1 amide bonds. The third kappa shape index (κ3) is 3.90. The molecule has 2 heterocycles. The number of hydrogen-bond donors (Lipinski definition) is 0. The summed E-state index contributed by atoms with van der Waals surface area (Å²) in [5, 5.41) is 0.558. The van der Waals surface area contributed by atoms with Crippen LogP contribution in [0.15, 0.2) is 71.5 Å². The van der Waals surface area contributed by atoms with Crippen LogP contribution in [0.2, 0.25) is 0 Å². The molecule has 1 aliphatic heterocycles. The number of amides is 1. The van der Waals surface area contributed by atoms with Gasteiger partial charge in [-0.25, -0.2) is 4.98 Å². The van der Waals surface area contributed by atoms with Crippen molar-refractivity contribution in [1.82, 2.24) is 14.5 Å². The summed E-state index contributed by atoms with van der Waals surface area (Å²) in [4.78, 5) is 32.7. The molecule has 0 atom stereocenters. The highest BCUT2D eigenvalue weighted by molar-refractivity contribution is 5.94. The van der Waals surface area contributed by atoms with Gasteiger partial charge in [0.1, 0.15) is 19.0 Å². The molecule has 0 saturated heterocycles. The minimum atomic E-state index is -0.131. The van der Waals surface area contributed by atoms with Gasteiger partial charge in [0.25, 0.3) is 11.5 Å². The fourth-order valence-electron chi connectivity index (χ4n) is 4.27. The van der Waals surface area contributed by atoms with Crippen LogP contribution in [-0.2, 0) is 6.54 Å². The number of carbonyl (C=O) groups is 1. The van der Waals surface area contributed by atoms with Gasteiger partial charge < -0.3 is 14.4 Å². The van der Waals surface area contributed by atoms with Crippen molar-refractivity contribution in [2.45, 2.75) is 20.4 Å². The second kappa shape index (κ2) is 9.02. The standard InChI is InChI=1S/C27H25N3O4/c1-3-29(17-20-7-6-10-24-25(20)34-16-15-33-24)26(31)19-11-13-21(14-12-19)30-18(2)28-23-9-5-4-8-22(23)27(30)32/h4-14H,3,15-17H2,1-2H3. The molecule has 7 nitrogen and oxygen atoms in total. The van der Waals surface area contributed by atoms with E-state index in [0.717, 1.165) is 5.56 Å². The molecule has 0 unspecified atom stereocenters. The molecule has 0 radical (unpaired) electrons. The number of para-hydroxylation sites is 2. The zero-order chi connectivity index (χ0) is 23.7. The summed E-state index contributed by atoms with van der Waals surface area (Å²) in [5.74, 6) is 1.91. The molecule has 34 heavy (non-hydrogen) atoms. The van der Waals surface area contributed by atoms with E-state index in [9.17, 15) is 9.59 Å². The molecular formula is C27H25N3O4. The third-order valence-electron chi connectivity index (χ3n) is 5.99. The number of rotatable bonds is 5. The van der Waals surface area contributed by atoms with Crippen LogP contribution >= 0.6 is 0 Å². The molecule has 0 bridgehead atoms. The van der Waals surface area contributed by atoms with Crippen molar-refractivity contribution in [2.75, 3.05) is 19.8 Å². The summed E-state index contributed by atoms with van der Waals surface area (Å²) >= 11 is 0. The van der Waals surface area contributed by atoms with Crippen LogP contribution in [0.5, 0.6) is 11.5 Å². The monoisotopic (exact) mass is 455 g/mol. The third-order valence-corrected chi connectivity index (χ3v) is 5.99. The van der Waals surface area contributed by atoms with Crippen molar-refractivity contribution < 1.29 is 14.3 Å². The first kappa shape index (κ1) is 21.7. The molecule has 172 valence electrons. The number of nitrogens with zero attached hydrogens (tertiary/aromatic N) is 3. The van der Waals surface area contributed by atoms with Crippen molar-refractivity contribution in [3.05, 3.63) is 94.0 Å². The smallest absolute Gasteiger partial charge is 0.265 e. The summed E-state index contributed by atoms with van der Waals surface area (Å²) in [5.41, 5.74) is 2.67. The number of ether oxygens (including phenoxy) is 2. The van der Waals surface area contributed by atoms with Gasteiger partial charge in [-0.05, 0) is 56.3 Å². The lowest BCUT2D eigenvalue weighted by molar-refractivity contribution is 0.0749. The first-order chi connectivity index (χ1) is 16.6. The van der Waals surface area contributed by atoms with Gasteiger partial charge in [0.2, 0.25) is 0 Å². The minimum absolute atomic E-state index is 0.0934. The Kier molecular flexibility index (Phi) is 5.76. The fourth-order valence-corrected chi connectivity index (χ4v) is 4.27. The lowest BCUT2D eigenvalue weighted by Gasteiger charge is -2.25. The van der Waals surface area contributed by atoms with Crippen LogP contribution in [0.3, 0.4) is 0 Å². The Morgan fingerprint density at radius 3 is 2.56 bits per heavy atom. The lowest BCUT2D eigenvalue weighted by atomic mass is 10.1. The first-order valence-electron chi connectivity index (χ1n) is 11.3. The Labute approximate surface area is 197 Å². The van der Waals surface area contributed by atoms with E-state index in [1.54, 1.807) is 46.7 Å². The molecule has 0 saturated carbocycles. The average Bonchev–Trinajstić information content (AvgIpc) is 2.87. The van der Waals surface area contributed by atoms with Crippen LogP contribution in [0.1, 0.15) is 28.7 Å². The molecule has 0 spiro atoms. The predicted octanol–water partition coefficient (Wildman–Crippen LogP) is 4.13. The molecule has 5 rings (SSSR count). The summed E-state index contributed by atoms with van der Waals surface area (Å²) in [6.45, 7) is 5.72.